The molecule has 7 heteroatoms. The van der Waals surface area contributed by atoms with Crippen LogP contribution in [0.3, 0.4) is 0 Å². The molecule has 0 saturated carbocycles. The third kappa shape index (κ3) is 4.06. The summed E-state index contributed by atoms with van der Waals surface area (Å²) in [6.07, 6.45) is 2.60. The smallest absolute Gasteiger partial charge is 0.277 e. The first kappa shape index (κ1) is 15.1. The van der Waals surface area contributed by atoms with Crippen LogP contribution in [0.4, 0.5) is 8.78 Å². The highest BCUT2D eigenvalue weighted by molar-refractivity contribution is 9.10. The van der Waals surface area contributed by atoms with E-state index in [0.717, 1.165) is 10.9 Å². The minimum Gasteiger partial charge on any atom is -0.345 e. The molecule has 0 saturated heterocycles. The summed E-state index contributed by atoms with van der Waals surface area (Å²) in [5.74, 6) is -3.60. The van der Waals surface area contributed by atoms with Crippen molar-refractivity contribution in [2.24, 2.45) is 5.73 Å². The molecule has 0 atom stereocenters. The summed E-state index contributed by atoms with van der Waals surface area (Å²) in [6, 6.07) is 1.60. The normalized spacial score (nSPS) is 11.6. The Morgan fingerprint density at radius 2 is 2.28 bits per heavy atom. The molecule has 0 fully saturated rings. The van der Waals surface area contributed by atoms with Gasteiger partial charge in [0, 0.05) is 17.2 Å². The van der Waals surface area contributed by atoms with Crippen LogP contribution in [0.1, 0.15) is 23.8 Å². The number of hydrogen-bond donors (Lipinski definition) is 2. The highest BCUT2D eigenvalue weighted by Gasteiger charge is 2.27. The predicted molar refractivity (Wildman–Crippen MR) is 68.8 cm³/mol. The lowest BCUT2D eigenvalue weighted by atomic mass is 10.3. The molecule has 1 aromatic heterocycles. The lowest BCUT2D eigenvalue weighted by Gasteiger charge is -2.15. The van der Waals surface area contributed by atoms with Crippen LogP contribution in [-0.4, -0.2) is 29.5 Å². The van der Waals surface area contributed by atoms with Gasteiger partial charge in [0.1, 0.15) is 5.69 Å². The molecule has 1 rings (SSSR count). The number of carbonyl (C=O) groups is 1. The number of aryl methyl sites for hydroxylation is 1. The average Bonchev–Trinajstić information content (AvgIpc) is 2.68. The fourth-order valence-corrected chi connectivity index (χ4v) is 1.93. The van der Waals surface area contributed by atoms with E-state index >= 15 is 0 Å². The average molecular weight is 324 g/mol. The van der Waals surface area contributed by atoms with Crippen molar-refractivity contribution in [1.82, 2.24) is 9.88 Å². The van der Waals surface area contributed by atoms with Crippen molar-refractivity contribution in [2.45, 2.75) is 25.8 Å². The second-order valence-corrected chi connectivity index (χ2v) is 4.90. The fourth-order valence-electron chi connectivity index (χ4n) is 1.46. The van der Waals surface area contributed by atoms with Crippen LogP contribution in [0.15, 0.2) is 16.7 Å². The molecule has 0 aliphatic rings. The van der Waals surface area contributed by atoms with E-state index < -0.39 is 24.9 Å². The molecular weight excluding hydrogens is 308 g/mol. The van der Waals surface area contributed by atoms with Crippen molar-refractivity contribution in [1.29, 1.82) is 0 Å². The first-order chi connectivity index (χ1) is 8.39. The number of nitrogens with two attached hydrogens (primary N) is 1. The molecule has 1 heterocycles. The van der Waals surface area contributed by atoms with Crippen LogP contribution in [0, 0.1) is 0 Å². The number of halogens is 3. The molecule has 4 nitrogen and oxygen atoms in total. The lowest BCUT2D eigenvalue weighted by Crippen LogP contribution is -2.42. The number of aromatic nitrogens is 1. The Balaban J connectivity index is 2.72. The van der Waals surface area contributed by atoms with E-state index in [-0.39, 0.29) is 0 Å². The SMILES string of the molecule is CCCn1cc(Br)cc1C(=O)NCC(F)(F)CN. The number of nitrogens with one attached hydrogen (secondary N) is 1. The Kier molecular flexibility index (Phi) is 5.28. The summed E-state index contributed by atoms with van der Waals surface area (Å²) >= 11 is 3.26. The van der Waals surface area contributed by atoms with Gasteiger partial charge in [-0.15, -0.1) is 0 Å². The van der Waals surface area contributed by atoms with Crippen LogP contribution in [0.25, 0.3) is 0 Å². The Labute approximate surface area is 113 Å². The molecule has 102 valence electrons. The van der Waals surface area contributed by atoms with E-state index in [4.69, 9.17) is 5.73 Å². The van der Waals surface area contributed by atoms with E-state index in [2.05, 4.69) is 21.2 Å². The minimum absolute atomic E-state index is 0.358. The van der Waals surface area contributed by atoms with Gasteiger partial charge in [0.25, 0.3) is 11.8 Å². The molecule has 0 aliphatic carbocycles. The topological polar surface area (TPSA) is 60.0 Å². The molecule has 0 aliphatic heterocycles. The molecule has 3 N–H and O–H groups in total. The number of amides is 1. The van der Waals surface area contributed by atoms with Crippen molar-refractivity contribution in [3.05, 3.63) is 22.4 Å². The summed E-state index contributed by atoms with van der Waals surface area (Å²) in [6.45, 7) is 1.09. The summed E-state index contributed by atoms with van der Waals surface area (Å²) in [4.78, 5) is 11.8. The van der Waals surface area contributed by atoms with Gasteiger partial charge < -0.3 is 15.6 Å². The highest BCUT2D eigenvalue weighted by Crippen LogP contribution is 2.16. The maximum atomic E-state index is 12.9. The third-order valence-electron chi connectivity index (χ3n) is 2.37. The highest BCUT2D eigenvalue weighted by atomic mass is 79.9. The Bertz CT molecular complexity index is 420. The van der Waals surface area contributed by atoms with Crippen LogP contribution in [0.2, 0.25) is 0 Å². The van der Waals surface area contributed by atoms with Gasteiger partial charge >= 0.3 is 0 Å². The van der Waals surface area contributed by atoms with Crippen LogP contribution < -0.4 is 11.1 Å². The first-order valence-corrected chi connectivity index (χ1v) is 6.40. The Hall–Kier alpha value is -0.950. The Morgan fingerprint density at radius 1 is 1.61 bits per heavy atom. The van der Waals surface area contributed by atoms with Crippen molar-refractivity contribution in [3.63, 3.8) is 0 Å². The molecule has 0 spiro atoms. The minimum atomic E-state index is -3.07. The molecule has 0 aromatic carbocycles. The zero-order valence-corrected chi connectivity index (χ0v) is 11.6. The van der Waals surface area contributed by atoms with Gasteiger partial charge in [0.15, 0.2) is 0 Å². The second-order valence-electron chi connectivity index (χ2n) is 3.98. The predicted octanol–water partition coefficient (Wildman–Crippen LogP) is 1.98. The van der Waals surface area contributed by atoms with Crippen molar-refractivity contribution in [3.8, 4) is 0 Å². The summed E-state index contributed by atoms with van der Waals surface area (Å²) in [5, 5.41) is 2.19. The summed E-state index contributed by atoms with van der Waals surface area (Å²) in [7, 11) is 0. The number of rotatable bonds is 6. The first-order valence-electron chi connectivity index (χ1n) is 5.61. The molecule has 0 bridgehead atoms. The number of carbonyl (C=O) groups excluding carboxylic acids is 1. The lowest BCUT2D eigenvalue weighted by molar-refractivity contribution is 0.0117. The van der Waals surface area contributed by atoms with E-state index in [1.54, 1.807) is 16.8 Å². The van der Waals surface area contributed by atoms with Gasteiger partial charge in [0.05, 0.1) is 13.1 Å². The molecule has 0 radical (unpaired) electrons. The van der Waals surface area contributed by atoms with Gasteiger partial charge in [-0.3, -0.25) is 4.79 Å². The number of hydrogen-bond acceptors (Lipinski definition) is 2. The molecule has 18 heavy (non-hydrogen) atoms. The van der Waals surface area contributed by atoms with Gasteiger partial charge in [-0.1, -0.05) is 6.92 Å². The van der Waals surface area contributed by atoms with Crippen LogP contribution in [0.5, 0.6) is 0 Å². The van der Waals surface area contributed by atoms with Gasteiger partial charge in [-0.05, 0) is 28.4 Å². The monoisotopic (exact) mass is 323 g/mol. The van der Waals surface area contributed by atoms with Crippen molar-refractivity contribution in [2.75, 3.05) is 13.1 Å². The number of nitrogens with zero attached hydrogens (tertiary/aromatic N) is 1. The van der Waals surface area contributed by atoms with E-state index in [9.17, 15) is 13.6 Å². The van der Waals surface area contributed by atoms with Gasteiger partial charge in [-0.25, -0.2) is 8.78 Å². The van der Waals surface area contributed by atoms with Gasteiger partial charge in [0.2, 0.25) is 0 Å². The maximum Gasteiger partial charge on any atom is 0.277 e. The third-order valence-corrected chi connectivity index (χ3v) is 2.80. The zero-order valence-electron chi connectivity index (χ0n) is 10.0. The van der Waals surface area contributed by atoms with E-state index in [1.807, 2.05) is 6.92 Å². The summed E-state index contributed by atoms with van der Waals surface area (Å²) in [5.41, 5.74) is 5.26. The second kappa shape index (κ2) is 6.29. The number of alkyl halides is 2. The molecular formula is C11H16BrF2N3O. The van der Waals surface area contributed by atoms with Crippen LogP contribution >= 0.6 is 15.9 Å². The Morgan fingerprint density at radius 3 is 2.83 bits per heavy atom. The van der Waals surface area contributed by atoms with E-state index in [0.29, 0.717) is 12.2 Å². The quantitative estimate of drug-likeness (QED) is 0.841. The molecule has 1 amide bonds. The maximum absolute atomic E-state index is 12.9. The molecule has 1 aromatic rings. The van der Waals surface area contributed by atoms with Gasteiger partial charge in [-0.2, -0.15) is 0 Å². The molecule has 0 unspecified atom stereocenters. The van der Waals surface area contributed by atoms with Crippen molar-refractivity contribution < 1.29 is 13.6 Å². The van der Waals surface area contributed by atoms with Crippen LogP contribution in [-0.2, 0) is 6.54 Å². The van der Waals surface area contributed by atoms with Crippen molar-refractivity contribution >= 4 is 21.8 Å². The summed E-state index contributed by atoms with van der Waals surface area (Å²) < 4.78 is 28.3. The zero-order chi connectivity index (χ0) is 13.8. The standard InChI is InChI=1S/C11H16BrF2N3O/c1-2-3-17-5-8(12)4-9(17)10(18)16-7-11(13,14)6-15/h4-5H,2-3,6-7,15H2,1H3,(H,16,18). The van der Waals surface area contributed by atoms with E-state index in [1.165, 1.54) is 0 Å². The fraction of sp³-hybridized carbons (Fsp3) is 0.545. The largest absolute Gasteiger partial charge is 0.345 e.